The zero-order valence-corrected chi connectivity index (χ0v) is 12.1. The first kappa shape index (κ1) is 14.8. The monoisotopic (exact) mass is 282 g/mol. The minimum atomic E-state index is -0.786. The number of benzene rings is 2. The average molecular weight is 282 g/mol. The van der Waals surface area contributed by atoms with Crippen LogP contribution in [-0.2, 0) is 4.79 Å². The molecule has 0 bridgehead atoms. The van der Waals surface area contributed by atoms with E-state index in [2.05, 4.69) is 10.6 Å². The largest absolute Gasteiger partial charge is 0.359 e. The number of hydrogen-bond donors (Lipinski definition) is 2. The minimum Gasteiger partial charge on any atom is -0.359 e. The number of para-hydroxylation sites is 1. The predicted octanol–water partition coefficient (Wildman–Crippen LogP) is 2.75. The van der Waals surface area contributed by atoms with Gasteiger partial charge in [0.1, 0.15) is 0 Å². The highest BCUT2D eigenvalue weighted by molar-refractivity contribution is 6.03. The Labute approximate surface area is 124 Å². The molecule has 1 atom stereocenters. The molecule has 0 radical (unpaired) electrons. The predicted molar refractivity (Wildman–Crippen MR) is 83.2 cm³/mol. The molecule has 0 spiro atoms. The molecule has 2 aromatic carbocycles. The number of Topliss-reactive ketones (excluding diaryl/α,β-unsaturated/α-hetero) is 1. The number of nitrogens with one attached hydrogen (secondary N) is 2. The number of hydrogen-bond acceptors (Lipinski definition) is 3. The first-order valence-corrected chi connectivity index (χ1v) is 6.76. The molecule has 21 heavy (non-hydrogen) atoms. The van der Waals surface area contributed by atoms with Gasteiger partial charge in [0.15, 0.2) is 6.17 Å². The summed E-state index contributed by atoms with van der Waals surface area (Å²) in [7, 11) is 0. The first-order valence-electron chi connectivity index (χ1n) is 6.76. The van der Waals surface area contributed by atoms with Crippen molar-refractivity contribution in [2.24, 2.45) is 0 Å². The van der Waals surface area contributed by atoms with Crippen LogP contribution in [0, 0.1) is 6.92 Å². The van der Waals surface area contributed by atoms with Crippen molar-refractivity contribution in [3.8, 4) is 0 Å². The fraction of sp³-hybridized carbons (Fsp3) is 0.176. The summed E-state index contributed by atoms with van der Waals surface area (Å²) in [4.78, 5) is 23.9. The molecule has 0 saturated carbocycles. The summed E-state index contributed by atoms with van der Waals surface area (Å²) in [5, 5.41) is 5.75. The maximum Gasteiger partial charge on any atom is 0.218 e. The molecular weight excluding hydrogens is 264 g/mol. The van der Waals surface area contributed by atoms with Crippen LogP contribution >= 0.6 is 0 Å². The molecule has 2 N–H and O–H groups in total. The van der Waals surface area contributed by atoms with Gasteiger partial charge in [0.25, 0.3) is 0 Å². The second-order valence-corrected chi connectivity index (χ2v) is 4.82. The van der Waals surface area contributed by atoms with Crippen molar-refractivity contribution in [3.63, 3.8) is 0 Å². The number of amides is 1. The highest BCUT2D eigenvalue weighted by Gasteiger charge is 2.21. The van der Waals surface area contributed by atoms with E-state index in [1.807, 2.05) is 37.3 Å². The van der Waals surface area contributed by atoms with Gasteiger partial charge < -0.3 is 10.6 Å². The lowest BCUT2D eigenvalue weighted by atomic mass is 10.1. The van der Waals surface area contributed by atoms with E-state index >= 15 is 0 Å². The molecule has 0 fully saturated rings. The van der Waals surface area contributed by atoms with Crippen molar-refractivity contribution in [2.45, 2.75) is 20.0 Å². The molecular formula is C17H18N2O2. The third-order valence-electron chi connectivity index (χ3n) is 3.11. The molecule has 0 heterocycles. The molecule has 0 unspecified atom stereocenters. The van der Waals surface area contributed by atoms with Crippen LogP contribution in [0.1, 0.15) is 22.8 Å². The number of aryl methyl sites for hydroxylation is 1. The quantitative estimate of drug-likeness (QED) is 0.655. The lowest BCUT2D eigenvalue weighted by Crippen LogP contribution is -2.45. The van der Waals surface area contributed by atoms with Gasteiger partial charge in [-0.3, -0.25) is 9.59 Å². The van der Waals surface area contributed by atoms with E-state index in [-0.39, 0.29) is 11.7 Å². The van der Waals surface area contributed by atoms with Crippen molar-refractivity contribution >= 4 is 17.4 Å². The van der Waals surface area contributed by atoms with Gasteiger partial charge in [0.2, 0.25) is 11.7 Å². The molecule has 108 valence electrons. The SMILES string of the molecule is CC(=O)N[C@@H](Nc1ccccc1C)C(=O)c1ccccc1. The van der Waals surface area contributed by atoms with Crippen LogP contribution in [0.5, 0.6) is 0 Å². The zero-order valence-electron chi connectivity index (χ0n) is 12.1. The molecule has 0 aliphatic rings. The normalized spacial score (nSPS) is 11.5. The summed E-state index contributed by atoms with van der Waals surface area (Å²) in [5.74, 6) is -0.431. The van der Waals surface area contributed by atoms with Crippen LogP contribution in [0.15, 0.2) is 54.6 Å². The van der Waals surface area contributed by atoms with Gasteiger partial charge in [-0.25, -0.2) is 0 Å². The van der Waals surface area contributed by atoms with Crippen molar-refractivity contribution < 1.29 is 9.59 Å². The fourth-order valence-corrected chi connectivity index (χ4v) is 2.03. The molecule has 2 aromatic rings. The summed E-state index contributed by atoms with van der Waals surface area (Å²) >= 11 is 0. The molecule has 0 aromatic heterocycles. The molecule has 0 aliphatic carbocycles. The Morgan fingerprint density at radius 2 is 1.57 bits per heavy atom. The van der Waals surface area contributed by atoms with E-state index in [9.17, 15) is 9.59 Å². The van der Waals surface area contributed by atoms with Gasteiger partial charge in [0.05, 0.1) is 0 Å². The van der Waals surface area contributed by atoms with Crippen molar-refractivity contribution in [1.29, 1.82) is 0 Å². The van der Waals surface area contributed by atoms with Crippen LogP contribution in [-0.4, -0.2) is 17.9 Å². The Bertz CT molecular complexity index is 638. The number of carbonyl (C=O) groups is 2. The van der Waals surface area contributed by atoms with Gasteiger partial charge in [-0.05, 0) is 18.6 Å². The van der Waals surface area contributed by atoms with E-state index in [1.165, 1.54) is 6.92 Å². The topological polar surface area (TPSA) is 58.2 Å². The highest BCUT2D eigenvalue weighted by Crippen LogP contribution is 2.15. The number of rotatable bonds is 5. The average Bonchev–Trinajstić information content (AvgIpc) is 2.48. The van der Waals surface area contributed by atoms with Gasteiger partial charge in [0, 0.05) is 18.2 Å². The smallest absolute Gasteiger partial charge is 0.218 e. The summed E-state index contributed by atoms with van der Waals surface area (Å²) in [6.45, 7) is 3.34. The molecule has 0 aliphatic heterocycles. The third kappa shape index (κ3) is 3.92. The minimum absolute atomic E-state index is 0.172. The highest BCUT2D eigenvalue weighted by atomic mass is 16.2. The van der Waals surface area contributed by atoms with E-state index in [0.717, 1.165) is 11.3 Å². The summed E-state index contributed by atoms with van der Waals surface area (Å²) in [6.07, 6.45) is -0.786. The lowest BCUT2D eigenvalue weighted by Gasteiger charge is -2.20. The molecule has 4 heteroatoms. The van der Waals surface area contributed by atoms with Crippen LogP contribution in [0.25, 0.3) is 0 Å². The Hall–Kier alpha value is -2.62. The summed E-state index contributed by atoms with van der Waals surface area (Å²) in [6, 6.07) is 16.5. The second-order valence-electron chi connectivity index (χ2n) is 4.82. The standard InChI is InChI=1S/C17H18N2O2/c1-12-8-6-7-11-15(12)19-17(18-13(2)20)16(21)14-9-4-3-5-10-14/h3-11,17,19H,1-2H3,(H,18,20)/t17-/m0/s1. The summed E-state index contributed by atoms with van der Waals surface area (Å²) < 4.78 is 0. The maximum absolute atomic E-state index is 12.5. The summed E-state index contributed by atoms with van der Waals surface area (Å²) in [5.41, 5.74) is 2.38. The zero-order chi connectivity index (χ0) is 15.2. The molecule has 4 nitrogen and oxygen atoms in total. The number of anilines is 1. The second kappa shape index (κ2) is 6.70. The lowest BCUT2D eigenvalue weighted by molar-refractivity contribution is -0.119. The van der Waals surface area contributed by atoms with E-state index < -0.39 is 6.17 Å². The van der Waals surface area contributed by atoms with Crippen LogP contribution in [0.4, 0.5) is 5.69 Å². The molecule has 0 saturated heterocycles. The van der Waals surface area contributed by atoms with Gasteiger partial charge in [-0.1, -0.05) is 48.5 Å². The van der Waals surface area contributed by atoms with Crippen molar-refractivity contribution in [1.82, 2.24) is 5.32 Å². The Kier molecular flexibility index (Phi) is 4.72. The van der Waals surface area contributed by atoms with Crippen molar-refractivity contribution in [3.05, 3.63) is 65.7 Å². The Balaban J connectivity index is 2.25. The van der Waals surface area contributed by atoms with Gasteiger partial charge in [-0.2, -0.15) is 0 Å². The van der Waals surface area contributed by atoms with E-state index in [1.54, 1.807) is 24.3 Å². The van der Waals surface area contributed by atoms with Gasteiger partial charge in [-0.15, -0.1) is 0 Å². The van der Waals surface area contributed by atoms with Crippen LogP contribution in [0.2, 0.25) is 0 Å². The number of ketones is 1. The van der Waals surface area contributed by atoms with Crippen LogP contribution in [0.3, 0.4) is 0 Å². The maximum atomic E-state index is 12.5. The Morgan fingerprint density at radius 3 is 2.19 bits per heavy atom. The van der Waals surface area contributed by atoms with Crippen LogP contribution < -0.4 is 10.6 Å². The van der Waals surface area contributed by atoms with E-state index in [4.69, 9.17) is 0 Å². The number of carbonyl (C=O) groups excluding carboxylic acids is 2. The van der Waals surface area contributed by atoms with E-state index in [0.29, 0.717) is 5.56 Å². The third-order valence-corrected chi connectivity index (χ3v) is 3.11. The molecule has 2 rings (SSSR count). The van der Waals surface area contributed by atoms with Gasteiger partial charge >= 0.3 is 0 Å². The fourth-order valence-electron chi connectivity index (χ4n) is 2.03. The first-order chi connectivity index (χ1) is 10.1. The van der Waals surface area contributed by atoms with Crippen molar-refractivity contribution in [2.75, 3.05) is 5.32 Å². The Morgan fingerprint density at radius 1 is 0.952 bits per heavy atom. The molecule has 1 amide bonds.